The zero-order valence-electron chi connectivity index (χ0n) is 10.5. The third kappa shape index (κ3) is 2.56. The zero-order chi connectivity index (χ0) is 13.1. The summed E-state index contributed by atoms with van der Waals surface area (Å²) in [5.41, 5.74) is 2.66. The highest BCUT2D eigenvalue weighted by molar-refractivity contribution is 5.29. The molecule has 1 N–H and O–H groups in total. The van der Waals surface area contributed by atoms with Gasteiger partial charge in [0.15, 0.2) is 0 Å². The smallest absolute Gasteiger partial charge is 0.123 e. The van der Waals surface area contributed by atoms with Crippen molar-refractivity contribution in [3.63, 3.8) is 0 Å². The second kappa shape index (κ2) is 5.27. The first kappa shape index (κ1) is 12.7. The van der Waals surface area contributed by atoms with Crippen LogP contribution in [0.25, 0.3) is 0 Å². The van der Waals surface area contributed by atoms with Crippen LogP contribution >= 0.6 is 0 Å². The summed E-state index contributed by atoms with van der Waals surface area (Å²) in [6.45, 7) is 3.92. The number of hydrogen-bond acceptors (Lipinski definition) is 3. The Morgan fingerprint density at radius 3 is 2.89 bits per heavy atom. The van der Waals surface area contributed by atoms with Crippen molar-refractivity contribution in [2.75, 3.05) is 6.61 Å². The lowest BCUT2D eigenvalue weighted by Crippen LogP contribution is -2.09. The van der Waals surface area contributed by atoms with Crippen molar-refractivity contribution in [2.24, 2.45) is 0 Å². The lowest BCUT2D eigenvalue weighted by Gasteiger charge is -2.14. The van der Waals surface area contributed by atoms with E-state index in [2.05, 4.69) is 10.3 Å². The molecule has 0 radical (unpaired) electrons. The Bertz CT molecular complexity index is 539. The van der Waals surface area contributed by atoms with Crippen LogP contribution in [0.1, 0.15) is 29.8 Å². The van der Waals surface area contributed by atoms with E-state index < -0.39 is 0 Å². The summed E-state index contributed by atoms with van der Waals surface area (Å²) in [5, 5.41) is 16.9. The van der Waals surface area contributed by atoms with E-state index in [-0.39, 0.29) is 18.5 Å². The summed E-state index contributed by atoms with van der Waals surface area (Å²) in [4.78, 5) is 0. The highest BCUT2D eigenvalue weighted by Crippen LogP contribution is 2.21. The normalized spacial score (nSPS) is 12.7. The summed E-state index contributed by atoms with van der Waals surface area (Å²) in [6.07, 6.45) is 2.30. The third-order valence-corrected chi connectivity index (χ3v) is 3.00. The fraction of sp³-hybridized carbons (Fsp3) is 0.385. The van der Waals surface area contributed by atoms with Gasteiger partial charge in [0, 0.05) is 19.2 Å². The van der Waals surface area contributed by atoms with Gasteiger partial charge in [-0.25, -0.2) is 9.07 Å². The quantitative estimate of drug-likeness (QED) is 0.900. The van der Waals surface area contributed by atoms with Crippen LogP contribution in [0.15, 0.2) is 24.4 Å². The molecule has 1 aromatic heterocycles. The van der Waals surface area contributed by atoms with E-state index in [0.717, 1.165) is 16.8 Å². The SMILES string of the molecule is Cc1cc(F)ccc1[C@H](C)n1cc(CCO)nn1. The molecule has 1 atom stereocenters. The van der Waals surface area contributed by atoms with Gasteiger partial charge in [0.05, 0.1) is 11.7 Å². The minimum absolute atomic E-state index is 0.00876. The predicted molar refractivity (Wildman–Crippen MR) is 65.8 cm³/mol. The molecular formula is C13H16FN3O. The number of aliphatic hydroxyl groups is 1. The summed E-state index contributed by atoms with van der Waals surface area (Å²) in [6, 6.07) is 4.72. The molecule has 4 nitrogen and oxygen atoms in total. The van der Waals surface area contributed by atoms with Gasteiger partial charge in [-0.2, -0.15) is 0 Å². The number of aromatic nitrogens is 3. The van der Waals surface area contributed by atoms with Crippen LogP contribution in [0.4, 0.5) is 4.39 Å². The minimum atomic E-state index is -0.233. The Kier molecular flexibility index (Phi) is 3.72. The van der Waals surface area contributed by atoms with Gasteiger partial charge in [-0.05, 0) is 37.1 Å². The van der Waals surface area contributed by atoms with E-state index >= 15 is 0 Å². The predicted octanol–water partition coefficient (Wildman–Crippen LogP) is 1.87. The molecule has 5 heteroatoms. The Balaban J connectivity index is 2.26. The first-order valence-electron chi connectivity index (χ1n) is 5.89. The van der Waals surface area contributed by atoms with Crippen molar-refractivity contribution in [3.8, 4) is 0 Å². The molecule has 0 aliphatic heterocycles. The molecule has 0 bridgehead atoms. The van der Waals surface area contributed by atoms with Crippen LogP contribution in [-0.4, -0.2) is 26.7 Å². The highest BCUT2D eigenvalue weighted by Gasteiger charge is 2.13. The van der Waals surface area contributed by atoms with Crippen molar-refractivity contribution in [2.45, 2.75) is 26.3 Å². The number of hydrogen-bond donors (Lipinski definition) is 1. The fourth-order valence-corrected chi connectivity index (χ4v) is 1.98. The molecule has 1 aromatic carbocycles. The van der Waals surface area contributed by atoms with Gasteiger partial charge in [-0.15, -0.1) is 5.10 Å². The van der Waals surface area contributed by atoms with Gasteiger partial charge in [0.2, 0.25) is 0 Å². The molecular weight excluding hydrogens is 233 g/mol. The van der Waals surface area contributed by atoms with Crippen molar-refractivity contribution in [1.82, 2.24) is 15.0 Å². The Morgan fingerprint density at radius 1 is 1.44 bits per heavy atom. The number of aryl methyl sites for hydroxylation is 1. The molecule has 18 heavy (non-hydrogen) atoms. The van der Waals surface area contributed by atoms with Gasteiger partial charge in [-0.3, -0.25) is 0 Å². The molecule has 0 saturated carbocycles. The average molecular weight is 249 g/mol. The fourth-order valence-electron chi connectivity index (χ4n) is 1.98. The number of halogens is 1. The topological polar surface area (TPSA) is 50.9 Å². The summed E-state index contributed by atoms with van der Waals surface area (Å²) >= 11 is 0. The number of nitrogens with zero attached hydrogens (tertiary/aromatic N) is 3. The number of benzene rings is 1. The van der Waals surface area contributed by atoms with Crippen LogP contribution in [0, 0.1) is 12.7 Å². The number of aliphatic hydroxyl groups excluding tert-OH is 1. The summed E-state index contributed by atoms with van der Waals surface area (Å²) in [7, 11) is 0. The summed E-state index contributed by atoms with van der Waals surface area (Å²) < 4.78 is 14.8. The Labute approximate surface area is 105 Å². The van der Waals surface area contributed by atoms with Gasteiger partial charge in [0.25, 0.3) is 0 Å². The largest absolute Gasteiger partial charge is 0.396 e. The first-order valence-corrected chi connectivity index (χ1v) is 5.89. The molecule has 1 heterocycles. The maximum atomic E-state index is 13.1. The molecule has 2 rings (SSSR count). The second-order valence-electron chi connectivity index (χ2n) is 4.34. The van der Waals surface area contributed by atoms with Gasteiger partial charge < -0.3 is 5.11 Å². The molecule has 0 saturated heterocycles. The maximum Gasteiger partial charge on any atom is 0.123 e. The average Bonchev–Trinajstić information content (AvgIpc) is 2.77. The Morgan fingerprint density at radius 2 is 2.22 bits per heavy atom. The maximum absolute atomic E-state index is 13.1. The molecule has 2 aromatic rings. The van der Waals surface area contributed by atoms with Crippen LogP contribution in [0.3, 0.4) is 0 Å². The molecule has 0 aliphatic carbocycles. The molecule has 0 aliphatic rings. The van der Waals surface area contributed by atoms with Crippen molar-refractivity contribution in [3.05, 3.63) is 47.0 Å². The third-order valence-electron chi connectivity index (χ3n) is 3.00. The summed E-state index contributed by atoms with van der Waals surface area (Å²) in [5.74, 6) is -0.233. The zero-order valence-corrected chi connectivity index (χ0v) is 10.5. The lowest BCUT2D eigenvalue weighted by atomic mass is 10.0. The molecule has 0 amide bonds. The monoisotopic (exact) mass is 249 g/mol. The minimum Gasteiger partial charge on any atom is -0.396 e. The molecule has 0 unspecified atom stereocenters. The number of rotatable bonds is 4. The lowest BCUT2D eigenvalue weighted by molar-refractivity contribution is 0.298. The van der Waals surface area contributed by atoms with E-state index in [1.54, 1.807) is 10.7 Å². The van der Waals surface area contributed by atoms with Gasteiger partial charge in [0.1, 0.15) is 5.82 Å². The Hall–Kier alpha value is -1.75. The second-order valence-corrected chi connectivity index (χ2v) is 4.34. The van der Waals surface area contributed by atoms with E-state index in [9.17, 15) is 4.39 Å². The van der Waals surface area contributed by atoms with Gasteiger partial charge in [-0.1, -0.05) is 11.3 Å². The van der Waals surface area contributed by atoms with Crippen molar-refractivity contribution < 1.29 is 9.50 Å². The molecule has 96 valence electrons. The van der Waals surface area contributed by atoms with Crippen LogP contribution in [0.2, 0.25) is 0 Å². The van der Waals surface area contributed by atoms with E-state index in [0.29, 0.717) is 6.42 Å². The van der Waals surface area contributed by atoms with Crippen LogP contribution < -0.4 is 0 Å². The highest BCUT2D eigenvalue weighted by atomic mass is 19.1. The van der Waals surface area contributed by atoms with Crippen LogP contribution in [-0.2, 0) is 6.42 Å². The standard InChI is InChI=1S/C13H16FN3O/c1-9-7-11(14)3-4-13(9)10(2)17-8-12(5-6-18)15-16-17/h3-4,7-8,10,18H,5-6H2,1-2H3/t10-/m0/s1. The first-order chi connectivity index (χ1) is 8.61. The molecule has 0 fully saturated rings. The van der Waals surface area contributed by atoms with Crippen LogP contribution in [0.5, 0.6) is 0 Å². The van der Waals surface area contributed by atoms with E-state index in [1.807, 2.05) is 20.0 Å². The van der Waals surface area contributed by atoms with E-state index in [1.165, 1.54) is 12.1 Å². The van der Waals surface area contributed by atoms with E-state index in [4.69, 9.17) is 5.11 Å². The van der Waals surface area contributed by atoms with Gasteiger partial charge >= 0.3 is 0 Å². The van der Waals surface area contributed by atoms with Crippen molar-refractivity contribution >= 4 is 0 Å². The molecule has 0 spiro atoms. The van der Waals surface area contributed by atoms with Crippen molar-refractivity contribution in [1.29, 1.82) is 0 Å².